The number of anilines is 2. The largest absolute Gasteiger partial charge is 0.376 e. The molecular formula is C12H15ClN4. The van der Waals surface area contributed by atoms with Crippen molar-refractivity contribution in [3.05, 3.63) is 41.4 Å². The Labute approximate surface area is 106 Å². The van der Waals surface area contributed by atoms with E-state index in [4.69, 9.17) is 11.6 Å². The number of nitrogens with one attached hydrogen (secondary N) is 2. The summed E-state index contributed by atoms with van der Waals surface area (Å²) in [6, 6.07) is 5.82. The van der Waals surface area contributed by atoms with Crippen molar-refractivity contribution in [2.24, 2.45) is 0 Å². The van der Waals surface area contributed by atoms with Gasteiger partial charge in [-0.25, -0.2) is 4.98 Å². The van der Waals surface area contributed by atoms with Crippen LogP contribution in [0.15, 0.2) is 30.6 Å². The average molecular weight is 251 g/mol. The van der Waals surface area contributed by atoms with Gasteiger partial charge < -0.3 is 15.2 Å². The van der Waals surface area contributed by atoms with Gasteiger partial charge in [0.05, 0.1) is 22.9 Å². The second-order valence-corrected chi connectivity index (χ2v) is 4.33. The SMILES string of the molecule is CN(C)c1c(Cl)cccc1NCc1ncc[nH]1. The van der Waals surface area contributed by atoms with E-state index >= 15 is 0 Å². The van der Waals surface area contributed by atoms with Crippen LogP contribution in [-0.4, -0.2) is 24.1 Å². The summed E-state index contributed by atoms with van der Waals surface area (Å²) in [6.45, 7) is 0.647. The topological polar surface area (TPSA) is 44.0 Å². The predicted octanol–water partition coefficient (Wildman–Crippen LogP) is 2.74. The van der Waals surface area contributed by atoms with Crippen LogP contribution in [0.5, 0.6) is 0 Å². The van der Waals surface area contributed by atoms with Crippen molar-refractivity contribution < 1.29 is 0 Å². The molecule has 1 aromatic carbocycles. The summed E-state index contributed by atoms with van der Waals surface area (Å²) in [5.74, 6) is 0.898. The van der Waals surface area contributed by atoms with Gasteiger partial charge in [0.15, 0.2) is 0 Å². The van der Waals surface area contributed by atoms with Gasteiger partial charge in [-0.05, 0) is 12.1 Å². The molecule has 2 aromatic rings. The summed E-state index contributed by atoms with van der Waals surface area (Å²) in [4.78, 5) is 9.21. The molecule has 0 aliphatic heterocycles. The molecule has 0 aliphatic carbocycles. The van der Waals surface area contributed by atoms with Crippen molar-refractivity contribution in [3.8, 4) is 0 Å². The Morgan fingerprint density at radius 3 is 2.88 bits per heavy atom. The molecule has 0 bridgehead atoms. The van der Waals surface area contributed by atoms with Gasteiger partial charge in [-0.1, -0.05) is 17.7 Å². The van der Waals surface area contributed by atoms with Gasteiger partial charge in [-0.15, -0.1) is 0 Å². The van der Waals surface area contributed by atoms with Crippen LogP contribution >= 0.6 is 11.6 Å². The number of H-pyrrole nitrogens is 1. The van der Waals surface area contributed by atoms with E-state index in [1.807, 2.05) is 43.4 Å². The van der Waals surface area contributed by atoms with Crippen LogP contribution in [0.3, 0.4) is 0 Å². The van der Waals surface area contributed by atoms with Crippen molar-refractivity contribution in [2.45, 2.75) is 6.54 Å². The lowest BCUT2D eigenvalue weighted by Crippen LogP contribution is -2.13. The molecule has 1 heterocycles. The summed E-state index contributed by atoms with van der Waals surface area (Å²) in [5, 5.41) is 4.05. The highest BCUT2D eigenvalue weighted by Crippen LogP contribution is 2.32. The molecule has 0 amide bonds. The van der Waals surface area contributed by atoms with E-state index in [2.05, 4.69) is 15.3 Å². The Hall–Kier alpha value is -1.68. The normalized spacial score (nSPS) is 10.3. The molecule has 5 heteroatoms. The molecule has 0 fully saturated rings. The molecule has 90 valence electrons. The lowest BCUT2D eigenvalue weighted by molar-refractivity contribution is 0.995. The molecule has 2 rings (SSSR count). The molecule has 0 aliphatic rings. The summed E-state index contributed by atoms with van der Waals surface area (Å²) < 4.78 is 0. The first kappa shape index (κ1) is 11.8. The highest BCUT2D eigenvalue weighted by Gasteiger charge is 2.08. The van der Waals surface area contributed by atoms with E-state index < -0.39 is 0 Å². The van der Waals surface area contributed by atoms with Gasteiger partial charge in [0.2, 0.25) is 0 Å². The molecule has 0 radical (unpaired) electrons. The van der Waals surface area contributed by atoms with Crippen molar-refractivity contribution >= 4 is 23.0 Å². The first-order valence-electron chi connectivity index (χ1n) is 5.36. The summed E-state index contributed by atoms with van der Waals surface area (Å²) in [7, 11) is 3.94. The number of nitrogens with zero attached hydrogens (tertiary/aromatic N) is 2. The van der Waals surface area contributed by atoms with Crippen molar-refractivity contribution in [1.29, 1.82) is 0 Å². The number of halogens is 1. The number of benzene rings is 1. The number of imidazole rings is 1. The number of rotatable bonds is 4. The van der Waals surface area contributed by atoms with Crippen LogP contribution in [0.1, 0.15) is 5.82 Å². The monoisotopic (exact) mass is 250 g/mol. The number of hydrogen-bond donors (Lipinski definition) is 2. The first-order chi connectivity index (χ1) is 8.18. The zero-order valence-corrected chi connectivity index (χ0v) is 10.6. The summed E-state index contributed by atoms with van der Waals surface area (Å²) in [5.41, 5.74) is 1.99. The molecule has 0 spiro atoms. The highest BCUT2D eigenvalue weighted by atomic mass is 35.5. The zero-order valence-electron chi connectivity index (χ0n) is 9.87. The molecule has 0 atom stereocenters. The first-order valence-corrected chi connectivity index (χ1v) is 5.74. The molecule has 0 saturated carbocycles. The molecule has 0 saturated heterocycles. The highest BCUT2D eigenvalue weighted by molar-refractivity contribution is 6.34. The maximum Gasteiger partial charge on any atom is 0.125 e. The molecule has 4 nitrogen and oxygen atoms in total. The van der Waals surface area contributed by atoms with E-state index in [1.165, 1.54) is 0 Å². The third kappa shape index (κ3) is 2.71. The quantitative estimate of drug-likeness (QED) is 0.877. The van der Waals surface area contributed by atoms with Crippen molar-refractivity contribution in [2.75, 3.05) is 24.3 Å². The smallest absolute Gasteiger partial charge is 0.125 e. The molecule has 2 N–H and O–H groups in total. The Morgan fingerprint density at radius 1 is 1.41 bits per heavy atom. The Bertz CT molecular complexity index is 479. The number of para-hydroxylation sites is 1. The van der Waals surface area contributed by atoms with E-state index in [-0.39, 0.29) is 0 Å². The third-order valence-electron chi connectivity index (χ3n) is 2.44. The molecule has 1 aromatic heterocycles. The predicted molar refractivity (Wildman–Crippen MR) is 71.7 cm³/mol. The second kappa shape index (κ2) is 5.10. The fourth-order valence-electron chi connectivity index (χ4n) is 1.69. The number of aromatic amines is 1. The van der Waals surface area contributed by atoms with Crippen LogP contribution in [0.25, 0.3) is 0 Å². The minimum Gasteiger partial charge on any atom is -0.376 e. The molecular weight excluding hydrogens is 236 g/mol. The van der Waals surface area contributed by atoms with Crippen LogP contribution < -0.4 is 10.2 Å². The van der Waals surface area contributed by atoms with Gasteiger partial charge in [0.1, 0.15) is 5.82 Å². The van der Waals surface area contributed by atoms with Crippen LogP contribution in [0.4, 0.5) is 11.4 Å². The van der Waals surface area contributed by atoms with Gasteiger partial charge in [-0.2, -0.15) is 0 Å². The summed E-state index contributed by atoms with van der Waals surface area (Å²) in [6.07, 6.45) is 3.55. The Morgan fingerprint density at radius 2 is 2.24 bits per heavy atom. The van der Waals surface area contributed by atoms with Crippen LogP contribution in [0.2, 0.25) is 5.02 Å². The minimum atomic E-state index is 0.647. The van der Waals surface area contributed by atoms with E-state index in [0.717, 1.165) is 22.2 Å². The second-order valence-electron chi connectivity index (χ2n) is 3.92. The standard InChI is InChI=1S/C12H15ClN4/c1-17(2)12-9(13)4-3-5-10(12)16-8-11-14-6-7-15-11/h3-7,16H,8H2,1-2H3,(H,14,15). The Balaban J connectivity index is 2.18. The van der Waals surface area contributed by atoms with Gasteiger partial charge >= 0.3 is 0 Å². The number of hydrogen-bond acceptors (Lipinski definition) is 3. The lowest BCUT2D eigenvalue weighted by atomic mass is 10.2. The lowest BCUT2D eigenvalue weighted by Gasteiger charge is -2.19. The number of aromatic nitrogens is 2. The fourth-order valence-corrected chi connectivity index (χ4v) is 2.03. The zero-order chi connectivity index (χ0) is 12.3. The van der Waals surface area contributed by atoms with E-state index in [1.54, 1.807) is 6.20 Å². The summed E-state index contributed by atoms with van der Waals surface area (Å²) >= 11 is 6.18. The fraction of sp³-hybridized carbons (Fsp3) is 0.250. The maximum atomic E-state index is 6.18. The minimum absolute atomic E-state index is 0.647. The van der Waals surface area contributed by atoms with Gasteiger partial charge in [0, 0.05) is 26.5 Å². The average Bonchev–Trinajstić information content (AvgIpc) is 2.78. The van der Waals surface area contributed by atoms with E-state index in [0.29, 0.717) is 6.54 Å². The van der Waals surface area contributed by atoms with Crippen molar-refractivity contribution in [1.82, 2.24) is 9.97 Å². The van der Waals surface area contributed by atoms with E-state index in [9.17, 15) is 0 Å². The van der Waals surface area contributed by atoms with Crippen LogP contribution in [-0.2, 0) is 6.54 Å². The molecule has 0 unspecified atom stereocenters. The molecule has 17 heavy (non-hydrogen) atoms. The van der Waals surface area contributed by atoms with Gasteiger partial charge in [-0.3, -0.25) is 0 Å². The van der Waals surface area contributed by atoms with Gasteiger partial charge in [0.25, 0.3) is 0 Å². The van der Waals surface area contributed by atoms with Crippen molar-refractivity contribution in [3.63, 3.8) is 0 Å². The Kier molecular flexibility index (Phi) is 3.54. The third-order valence-corrected chi connectivity index (χ3v) is 2.74. The van der Waals surface area contributed by atoms with Crippen LogP contribution in [0, 0.1) is 0 Å². The maximum absolute atomic E-state index is 6.18.